The predicted molar refractivity (Wildman–Crippen MR) is 64.9 cm³/mol. The van der Waals surface area contributed by atoms with E-state index in [1.807, 2.05) is 20.8 Å². The lowest BCUT2D eigenvalue weighted by Crippen LogP contribution is -2.56. The van der Waals surface area contributed by atoms with Gasteiger partial charge in [0.2, 0.25) is 0 Å². The van der Waals surface area contributed by atoms with Crippen molar-refractivity contribution in [2.24, 2.45) is 17.6 Å². The first-order valence-corrected chi connectivity index (χ1v) is 6.38. The molecule has 3 atom stereocenters. The van der Waals surface area contributed by atoms with E-state index in [0.29, 0.717) is 5.92 Å². The molecule has 0 spiro atoms. The molecule has 0 aromatic rings. The fourth-order valence-electron chi connectivity index (χ4n) is 2.09. The number of nitrogens with two attached hydrogens (primary N) is 1. The fraction of sp³-hybridized carbons (Fsp3) is 0.923. The van der Waals surface area contributed by atoms with Crippen molar-refractivity contribution in [1.29, 1.82) is 0 Å². The summed E-state index contributed by atoms with van der Waals surface area (Å²) in [5.41, 5.74) is 5.47. The zero-order chi connectivity index (χ0) is 12.3. The van der Waals surface area contributed by atoms with Gasteiger partial charge in [0.05, 0.1) is 0 Å². The average Bonchev–Trinajstić information content (AvgIpc) is 2.22. The van der Waals surface area contributed by atoms with Crippen molar-refractivity contribution in [2.45, 2.75) is 65.0 Å². The van der Waals surface area contributed by atoms with Crippen LogP contribution in [-0.4, -0.2) is 17.6 Å². The molecule has 0 aromatic carbocycles. The molecule has 3 heteroatoms. The largest absolute Gasteiger partial charge is 0.461 e. The topological polar surface area (TPSA) is 52.3 Å². The number of carbonyl (C=O) groups is 1. The zero-order valence-electron chi connectivity index (χ0n) is 11.0. The van der Waals surface area contributed by atoms with Crippen molar-refractivity contribution in [2.75, 3.05) is 0 Å². The highest BCUT2D eigenvalue weighted by Crippen LogP contribution is 2.33. The molecular formula is C13H25NO2. The molecule has 0 amide bonds. The quantitative estimate of drug-likeness (QED) is 0.754. The second kappa shape index (κ2) is 5.17. The SMILES string of the molecule is CC(C)C(C)OC(=O)C1(N)CCCCC1C. The molecule has 1 saturated carbocycles. The first-order chi connectivity index (χ1) is 7.38. The summed E-state index contributed by atoms with van der Waals surface area (Å²) in [7, 11) is 0. The number of hydrogen-bond donors (Lipinski definition) is 1. The Morgan fingerprint density at radius 2 is 2.00 bits per heavy atom. The maximum Gasteiger partial charge on any atom is 0.326 e. The molecule has 1 rings (SSSR count). The van der Waals surface area contributed by atoms with Gasteiger partial charge in [0.1, 0.15) is 11.6 Å². The van der Waals surface area contributed by atoms with Crippen molar-refractivity contribution < 1.29 is 9.53 Å². The van der Waals surface area contributed by atoms with Crippen LogP contribution in [-0.2, 0) is 9.53 Å². The summed E-state index contributed by atoms with van der Waals surface area (Å²) in [5, 5.41) is 0. The summed E-state index contributed by atoms with van der Waals surface area (Å²) < 4.78 is 5.46. The van der Waals surface area contributed by atoms with E-state index >= 15 is 0 Å². The first-order valence-electron chi connectivity index (χ1n) is 6.38. The molecule has 0 radical (unpaired) electrons. The Labute approximate surface area is 98.7 Å². The molecule has 1 fully saturated rings. The van der Waals surface area contributed by atoms with Crippen molar-refractivity contribution in [3.05, 3.63) is 0 Å². The lowest BCUT2D eigenvalue weighted by molar-refractivity contribution is -0.160. The van der Waals surface area contributed by atoms with E-state index in [9.17, 15) is 4.79 Å². The highest BCUT2D eigenvalue weighted by molar-refractivity contribution is 5.81. The number of ether oxygens (including phenoxy) is 1. The Morgan fingerprint density at radius 1 is 1.38 bits per heavy atom. The molecule has 3 nitrogen and oxygen atoms in total. The number of esters is 1. The Bertz CT molecular complexity index is 252. The molecule has 0 heterocycles. The average molecular weight is 227 g/mol. The maximum absolute atomic E-state index is 12.1. The lowest BCUT2D eigenvalue weighted by atomic mass is 9.74. The molecule has 3 unspecified atom stereocenters. The summed E-state index contributed by atoms with van der Waals surface area (Å²) in [6.45, 7) is 8.08. The third-order valence-electron chi connectivity index (χ3n) is 3.97. The third-order valence-corrected chi connectivity index (χ3v) is 3.97. The molecular weight excluding hydrogens is 202 g/mol. The van der Waals surface area contributed by atoms with Gasteiger partial charge < -0.3 is 10.5 Å². The van der Waals surface area contributed by atoms with Crippen LogP contribution in [0, 0.1) is 11.8 Å². The van der Waals surface area contributed by atoms with E-state index in [-0.39, 0.29) is 18.0 Å². The van der Waals surface area contributed by atoms with E-state index in [1.165, 1.54) is 6.42 Å². The van der Waals surface area contributed by atoms with E-state index in [1.54, 1.807) is 0 Å². The van der Waals surface area contributed by atoms with E-state index in [0.717, 1.165) is 19.3 Å². The van der Waals surface area contributed by atoms with Gasteiger partial charge in [-0.15, -0.1) is 0 Å². The Balaban J connectivity index is 2.64. The van der Waals surface area contributed by atoms with Gasteiger partial charge in [-0.1, -0.05) is 33.6 Å². The van der Waals surface area contributed by atoms with Crippen LogP contribution in [0.2, 0.25) is 0 Å². The van der Waals surface area contributed by atoms with Crippen LogP contribution in [0.5, 0.6) is 0 Å². The van der Waals surface area contributed by atoms with Gasteiger partial charge in [0, 0.05) is 0 Å². The monoisotopic (exact) mass is 227 g/mol. The second-order valence-corrected chi connectivity index (χ2v) is 5.54. The van der Waals surface area contributed by atoms with Gasteiger partial charge >= 0.3 is 5.97 Å². The Hall–Kier alpha value is -0.570. The van der Waals surface area contributed by atoms with Crippen LogP contribution in [0.1, 0.15) is 53.4 Å². The van der Waals surface area contributed by atoms with Crippen LogP contribution < -0.4 is 5.73 Å². The highest BCUT2D eigenvalue weighted by atomic mass is 16.5. The number of carbonyl (C=O) groups excluding carboxylic acids is 1. The van der Waals surface area contributed by atoms with Crippen LogP contribution in [0.25, 0.3) is 0 Å². The molecule has 1 aliphatic rings. The summed E-state index contributed by atoms with van der Waals surface area (Å²) in [4.78, 5) is 12.1. The minimum Gasteiger partial charge on any atom is -0.461 e. The molecule has 16 heavy (non-hydrogen) atoms. The van der Waals surface area contributed by atoms with E-state index in [2.05, 4.69) is 6.92 Å². The van der Waals surface area contributed by atoms with Crippen LogP contribution in [0.15, 0.2) is 0 Å². The van der Waals surface area contributed by atoms with Crippen LogP contribution in [0.3, 0.4) is 0 Å². The number of hydrogen-bond acceptors (Lipinski definition) is 3. The second-order valence-electron chi connectivity index (χ2n) is 5.54. The summed E-state index contributed by atoms with van der Waals surface area (Å²) in [5.74, 6) is 0.362. The van der Waals surface area contributed by atoms with Crippen LogP contribution in [0.4, 0.5) is 0 Å². The molecule has 0 aromatic heterocycles. The van der Waals surface area contributed by atoms with Crippen molar-refractivity contribution in [3.63, 3.8) is 0 Å². The lowest BCUT2D eigenvalue weighted by Gasteiger charge is -2.38. The standard InChI is InChI=1S/C13H25NO2/c1-9(2)11(4)16-12(15)13(14)8-6-5-7-10(13)3/h9-11H,5-8,14H2,1-4H3. The summed E-state index contributed by atoms with van der Waals surface area (Å²) in [6.07, 6.45) is 3.94. The van der Waals surface area contributed by atoms with Crippen LogP contribution >= 0.6 is 0 Å². The van der Waals surface area contributed by atoms with Gasteiger partial charge in [-0.3, -0.25) is 4.79 Å². The van der Waals surface area contributed by atoms with Crippen molar-refractivity contribution in [3.8, 4) is 0 Å². The summed E-state index contributed by atoms with van der Waals surface area (Å²) in [6, 6.07) is 0. The molecule has 94 valence electrons. The Morgan fingerprint density at radius 3 is 2.50 bits per heavy atom. The zero-order valence-corrected chi connectivity index (χ0v) is 11.0. The van der Waals surface area contributed by atoms with Gasteiger partial charge in [0.15, 0.2) is 0 Å². The van der Waals surface area contributed by atoms with E-state index < -0.39 is 5.54 Å². The van der Waals surface area contributed by atoms with Gasteiger partial charge in [-0.2, -0.15) is 0 Å². The molecule has 1 aliphatic carbocycles. The minimum atomic E-state index is -0.749. The summed E-state index contributed by atoms with van der Waals surface area (Å²) >= 11 is 0. The molecule has 0 aliphatic heterocycles. The molecule has 0 bridgehead atoms. The minimum absolute atomic E-state index is 0.0537. The molecule has 2 N–H and O–H groups in total. The van der Waals surface area contributed by atoms with Crippen molar-refractivity contribution >= 4 is 5.97 Å². The van der Waals surface area contributed by atoms with E-state index in [4.69, 9.17) is 10.5 Å². The predicted octanol–water partition coefficient (Wildman–Crippen LogP) is 2.48. The smallest absolute Gasteiger partial charge is 0.326 e. The maximum atomic E-state index is 12.1. The number of rotatable bonds is 3. The van der Waals surface area contributed by atoms with Gasteiger partial charge in [-0.05, 0) is 31.6 Å². The Kier molecular flexibility index (Phi) is 4.36. The van der Waals surface area contributed by atoms with Crippen molar-refractivity contribution in [1.82, 2.24) is 0 Å². The fourth-order valence-corrected chi connectivity index (χ4v) is 2.09. The molecule has 0 saturated heterocycles. The first kappa shape index (κ1) is 13.5. The van der Waals surface area contributed by atoms with Gasteiger partial charge in [-0.25, -0.2) is 0 Å². The van der Waals surface area contributed by atoms with Gasteiger partial charge in [0.25, 0.3) is 0 Å². The third kappa shape index (κ3) is 2.76. The highest BCUT2D eigenvalue weighted by Gasteiger charge is 2.43. The normalized spacial score (nSPS) is 32.5.